The maximum Gasteiger partial charge on any atom is 0.305 e. The first-order valence-corrected chi connectivity index (χ1v) is 8.22. The highest BCUT2D eigenvalue weighted by Gasteiger charge is 2.01. The van der Waals surface area contributed by atoms with Crippen molar-refractivity contribution < 1.29 is 14.6 Å². The zero-order valence-corrected chi connectivity index (χ0v) is 13.1. The Hall–Kier alpha value is -0.830. The summed E-state index contributed by atoms with van der Waals surface area (Å²) in [6.45, 7) is 2.27. The number of aliphatic hydroxyl groups excluding tert-OH is 1. The SMILES string of the molecule is CCCCC/C=C/CCCCCCCC(=O)OCCO. The molecule has 0 amide bonds. The Morgan fingerprint density at radius 2 is 1.55 bits per heavy atom. The van der Waals surface area contributed by atoms with Crippen LogP contribution in [0.5, 0.6) is 0 Å². The summed E-state index contributed by atoms with van der Waals surface area (Å²) in [7, 11) is 0. The zero-order valence-electron chi connectivity index (χ0n) is 13.1. The molecule has 0 aliphatic rings. The molecular weight excluding hydrogens is 252 g/mol. The highest BCUT2D eigenvalue weighted by molar-refractivity contribution is 5.69. The molecule has 0 saturated carbocycles. The molecule has 0 unspecified atom stereocenters. The van der Waals surface area contributed by atoms with Crippen molar-refractivity contribution in [2.45, 2.75) is 77.6 Å². The number of carbonyl (C=O) groups is 1. The molecule has 0 heterocycles. The fourth-order valence-electron chi connectivity index (χ4n) is 2.04. The lowest BCUT2D eigenvalue weighted by Gasteiger charge is -2.02. The predicted octanol–water partition coefficient (Wildman–Crippen LogP) is 4.39. The van der Waals surface area contributed by atoms with Crippen LogP contribution in [0.15, 0.2) is 12.2 Å². The number of hydrogen-bond acceptors (Lipinski definition) is 3. The van der Waals surface area contributed by atoms with Gasteiger partial charge in [-0.25, -0.2) is 0 Å². The van der Waals surface area contributed by atoms with E-state index in [0.717, 1.165) is 12.8 Å². The van der Waals surface area contributed by atoms with Crippen LogP contribution in [0.2, 0.25) is 0 Å². The summed E-state index contributed by atoms with van der Waals surface area (Å²) in [5, 5.41) is 8.51. The Morgan fingerprint density at radius 3 is 2.20 bits per heavy atom. The van der Waals surface area contributed by atoms with E-state index in [-0.39, 0.29) is 19.2 Å². The van der Waals surface area contributed by atoms with Gasteiger partial charge in [0.2, 0.25) is 0 Å². The molecule has 0 fully saturated rings. The molecule has 0 spiro atoms. The number of ether oxygens (including phenoxy) is 1. The topological polar surface area (TPSA) is 46.5 Å². The molecule has 118 valence electrons. The average Bonchev–Trinajstić information content (AvgIpc) is 2.46. The van der Waals surface area contributed by atoms with Crippen molar-refractivity contribution in [3.8, 4) is 0 Å². The molecule has 0 rings (SSSR count). The van der Waals surface area contributed by atoms with E-state index >= 15 is 0 Å². The van der Waals surface area contributed by atoms with Crippen molar-refractivity contribution in [1.29, 1.82) is 0 Å². The lowest BCUT2D eigenvalue weighted by atomic mass is 10.1. The number of aliphatic hydroxyl groups is 1. The van der Waals surface area contributed by atoms with Gasteiger partial charge in [0.15, 0.2) is 0 Å². The first kappa shape index (κ1) is 19.2. The molecular formula is C17H32O3. The third-order valence-electron chi connectivity index (χ3n) is 3.25. The highest BCUT2D eigenvalue weighted by Crippen LogP contribution is 2.09. The van der Waals surface area contributed by atoms with Gasteiger partial charge in [-0.3, -0.25) is 4.79 Å². The number of rotatable bonds is 14. The Kier molecular flexibility index (Phi) is 15.6. The van der Waals surface area contributed by atoms with E-state index in [1.165, 1.54) is 51.4 Å². The molecule has 1 N–H and O–H groups in total. The van der Waals surface area contributed by atoms with Crippen LogP contribution in [0.25, 0.3) is 0 Å². The van der Waals surface area contributed by atoms with E-state index in [4.69, 9.17) is 9.84 Å². The molecule has 0 aromatic rings. The van der Waals surface area contributed by atoms with E-state index in [2.05, 4.69) is 19.1 Å². The van der Waals surface area contributed by atoms with Crippen molar-refractivity contribution in [2.75, 3.05) is 13.2 Å². The standard InChI is InChI=1S/C17H32O3/c1-2-3-4-5-6-7-8-9-10-11-12-13-14-17(19)20-16-15-18/h6-7,18H,2-5,8-16H2,1H3/b7-6+. The Morgan fingerprint density at radius 1 is 0.950 bits per heavy atom. The number of unbranched alkanes of at least 4 members (excludes halogenated alkanes) is 8. The third-order valence-corrected chi connectivity index (χ3v) is 3.25. The maximum atomic E-state index is 11.1. The predicted molar refractivity (Wildman–Crippen MR) is 83.6 cm³/mol. The van der Waals surface area contributed by atoms with Gasteiger partial charge in [-0.15, -0.1) is 0 Å². The maximum absolute atomic E-state index is 11.1. The van der Waals surface area contributed by atoms with Crippen molar-refractivity contribution >= 4 is 5.97 Å². The van der Waals surface area contributed by atoms with E-state index in [0.29, 0.717) is 6.42 Å². The van der Waals surface area contributed by atoms with Crippen LogP contribution in [0.4, 0.5) is 0 Å². The van der Waals surface area contributed by atoms with Gasteiger partial charge in [-0.05, 0) is 32.1 Å². The number of carbonyl (C=O) groups excluding carboxylic acids is 1. The molecule has 3 nitrogen and oxygen atoms in total. The van der Waals surface area contributed by atoms with Crippen LogP contribution in [0.1, 0.15) is 77.6 Å². The minimum Gasteiger partial charge on any atom is -0.463 e. The summed E-state index contributed by atoms with van der Waals surface area (Å²) < 4.78 is 4.79. The fraction of sp³-hybridized carbons (Fsp3) is 0.824. The van der Waals surface area contributed by atoms with E-state index in [1.807, 2.05) is 0 Å². The van der Waals surface area contributed by atoms with Gasteiger partial charge in [0, 0.05) is 6.42 Å². The second-order valence-electron chi connectivity index (χ2n) is 5.22. The van der Waals surface area contributed by atoms with E-state index in [9.17, 15) is 4.79 Å². The molecule has 20 heavy (non-hydrogen) atoms. The minimum atomic E-state index is -0.186. The lowest BCUT2D eigenvalue weighted by molar-refractivity contribution is -0.144. The van der Waals surface area contributed by atoms with Gasteiger partial charge in [0.1, 0.15) is 6.61 Å². The van der Waals surface area contributed by atoms with Crippen molar-refractivity contribution in [1.82, 2.24) is 0 Å². The number of esters is 1. The van der Waals surface area contributed by atoms with Gasteiger partial charge < -0.3 is 9.84 Å². The van der Waals surface area contributed by atoms with Crippen LogP contribution in [0, 0.1) is 0 Å². The molecule has 0 aromatic carbocycles. The van der Waals surface area contributed by atoms with Crippen LogP contribution >= 0.6 is 0 Å². The van der Waals surface area contributed by atoms with Crippen molar-refractivity contribution in [2.24, 2.45) is 0 Å². The minimum absolute atomic E-state index is 0.0856. The van der Waals surface area contributed by atoms with Gasteiger partial charge in [-0.1, -0.05) is 51.2 Å². The van der Waals surface area contributed by atoms with E-state index < -0.39 is 0 Å². The van der Waals surface area contributed by atoms with Gasteiger partial charge >= 0.3 is 5.97 Å². The second-order valence-corrected chi connectivity index (χ2v) is 5.22. The molecule has 0 atom stereocenters. The summed E-state index contributed by atoms with van der Waals surface area (Å²) in [6.07, 6.45) is 17.1. The molecule has 3 heteroatoms. The summed E-state index contributed by atoms with van der Waals surface area (Å²) >= 11 is 0. The van der Waals surface area contributed by atoms with Crippen LogP contribution in [-0.2, 0) is 9.53 Å². The van der Waals surface area contributed by atoms with Crippen molar-refractivity contribution in [3.63, 3.8) is 0 Å². The molecule has 0 radical (unpaired) electrons. The van der Waals surface area contributed by atoms with E-state index in [1.54, 1.807) is 0 Å². The summed E-state index contributed by atoms with van der Waals surface area (Å²) in [5.74, 6) is -0.186. The molecule has 0 aliphatic carbocycles. The average molecular weight is 284 g/mol. The van der Waals surface area contributed by atoms with Crippen LogP contribution < -0.4 is 0 Å². The number of allylic oxidation sites excluding steroid dienone is 2. The molecule has 0 aromatic heterocycles. The van der Waals surface area contributed by atoms with Gasteiger partial charge in [0.05, 0.1) is 6.61 Å². The molecule has 0 bridgehead atoms. The summed E-state index contributed by atoms with van der Waals surface area (Å²) in [4.78, 5) is 11.1. The normalized spacial score (nSPS) is 11.1. The van der Waals surface area contributed by atoms with Crippen LogP contribution in [0.3, 0.4) is 0 Å². The third kappa shape index (κ3) is 15.2. The first-order valence-electron chi connectivity index (χ1n) is 8.22. The monoisotopic (exact) mass is 284 g/mol. The molecule has 0 saturated heterocycles. The largest absolute Gasteiger partial charge is 0.463 e. The smallest absolute Gasteiger partial charge is 0.305 e. The Balaban J connectivity index is 3.14. The van der Waals surface area contributed by atoms with Gasteiger partial charge in [0.25, 0.3) is 0 Å². The summed E-state index contributed by atoms with van der Waals surface area (Å²) in [5.41, 5.74) is 0. The Bertz CT molecular complexity index is 236. The highest BCUT2D eigenvalue weighted by atomic mass is 16.5. The number of hydrogen-bond donors (Lipinski definition) is 1. The molecule has 0 aliphatic heterocycles. The zero-order chi connectivity index (χ0) is 14.9. The first-order chi connectivity index (χ1) is 9.81. The van der Waals surface area contributed by atoms with Crippen molar-refractivity contribution in [3.05, 3.63) is 12.2 Å². The lowest BCUT2D eigenvalue weighted by Crippen LogP contribution is -2.07. The fourth-order valence-corrected chi connectivity index (χ4v) is 2.04. The second kappa shape index (κ2) is 16.2. The Labute approximate surface area is 124 Å². The quantitative estimate of drug-likeness (QED) is 0.292. The van der Waals surface area contributed by atoms with Crippen LogP contribution in [-0.4, -0.2) is 24.3 Å². The summed E-state index contributed by atoms with van der Waals surface area (Å²) in [6, 6.07) is 0. The van der Waals surface area contributed by atoms with Gasteiger partial charge in [-0.2, -0.15) is 0 Å².